The molecule has 1 rings (SSSR count). The van der Waals surface area contributed by atoms with Gasteiger partial charge in [0, 0.05) is 6.04 Å². The van der Waals surface area contributed by atoms with Crippen LogP contribution in [-0.2, 0) is 19.6 Å². The molecule has 3 N–H and O–H groups in total. The standard InChI is InChI=1S/C13H24N2O5S/c1-8(2)7-11(15-21(3,19)20)12(16)14-10-6-4-5-9(10)13(17)18/h8-11,15H,4-7H2,1-3H3,(H,14,16)(H,17,18). The fourth-order valence-corrected chi connectivity index (χ4v) is 3.37. The molecule has 0 radical (unpaired) electrons. The molecule has 0 aromatic carbocycles. The Kier molecular flexibility index (Phi) is 6.15. The summed E-state index contributed by atoms with van der Waals surface area (Å²) >= 11 is 0. The molecule has 1 aliphatic carbocycles. The van der Waals surface area contributed by atoms with Crippen LogP contribution in [0.15, 0.2) is 0 Å². The smallest absolute Gasteiger partial charge is 0.308 e. The minimum Gasteiger partial charge on any atom is -0.481 e. The van der Waals surface area contributed by atoms with Crippen LogP contribution in [-0.4, -0.2) is 43.7 Å². The maximum atomic E-state index is 12.2. The molecule has 1 aliphatic rings. The third-order valence-electron chi connectivity index (χ3n) is 3.54. The molecular formula is C13H24N2O5S. The Bertz CT molecular complexity index is 489. The quantitative estimate of drug-likeness (QED) is 0.625. The third-order valence-corrected chi connectivity index (χ3v) is 4.25. The number of rotatable bonds is 7. The Morgan fingerprint density at radius 3 is 2.38 bits per heavy atom. The van der Waals surface area contributed by atoms with E-state index in [1.165, 1.54) is 0 Å². The molecule has 0 aliphatic heterocycles. The van der Waals surface area contributed by atoms with Crippen LogP contribution in [0.4, 0.5) is 0 Å². The van der Waals surface area contributed by atoms with E-state index in [0.29, 0.717) is 19.3 Å². The molecule has 0 aromatic heterocycles. The van der Waals surface area contributed by atoms with Gasteiger partial charge in [-0.1, -0.05) is 20.3 Å². The van der Waals surface area contributed by atoms with Gasteiger partial charge in [-0.25, -0.2) is 13.1 Å². The topological polar surface area (TPSA) is 113 Å². The van der Waals surface area contributed by atoms with Gasteiger partial charge < -0.3 is 10.4 Å². The maximum Gasteiger partial charge on any atom is 0.308 e. The van der Waals surface area contributed by atoms with E-state index < -0.39 is 39.9 Å². The first-order valence-corrected chi connectivity index (χ1v) is 8.99. The molecule has 1 fully saturated rings. The van der Waals surface area contributed by atoms with Gasteiger partial charge in [-0.15, -0.1) is 0 Å². The van der Waals surface area contributed by atoms with E-state index in [4.69, 9.17) is 5.11 Å². The van der Waals surface area contributed by atoms with Gasteiger partial charge in [-0.3, -0.25) is 9.59 Å². The van der Waals surface area contributed by atoms with Crippen LogP contribution < -0.4 is 10.0 Å². The van der Waals surface area contributed by atoms with Gasteiger partial charge in [0.1, 0.15) is 6.04 Å². The van der Waals surface area contributed by atoms with Crippen molar-refractivity contribution >= 4 is 21.9 Å². The highest BCUT2D eigenvalue weighted by Crippen LogP contribution is 2.26. The van der Waals surface area contributed by atoms with Crippen LogP contribution in [0.2, 0.25) is 0 Å². The summed E-state index contributed by atoms with van der Waals surface area (Å²) in [5, 5.41) is 11.8. The van der Waals surface area contributed by atoms with E-state index in [9.17, 15) is 18.0 Å². The number of carbonyl (C=O) groups excluding carboxylic acids is 1. The maximum absolute atomic E-state index is 12.2. The van der Waals surface area contributed by atoms with Crippen molar-refractivity contribution in [1.29, 1.82) is 0 Å². The molecular weight excluding hydrogens is 296 g/mol. The van der Waals surface area contributed by atoms with E-state index in [2.05, 4.69) is 10.0 Å². The Morgan fingerprint density at radius 2 is 1.90 bits per heavy atom. The predicted octanol–water partition coefficient (Wildman–Crippen LogP) is 0.320. The second-order valence-corrected chi connectivity index (χ2v) is 7.84. The van der Waals surface area contributed by atoms with Crippen LogP contribution in [0.25, 0.3) is 0 Å². The molecule has 7 nitrogen and oxygen atoms in total. The Hall–Kier alpha value is -1.15. The van der Waals surface area contributed by atoms with Crippen molar-refractivity contribution in [3.8, 4) is 0 Å². The zero-order valence-corrected chi connectivity index (χ0v) is 13.4. The van der Waals surface area contributed by atoms with Gasteiger partial charge in [0.2, 0.25) is 15.9 Å². The fourth-order valence-electron chi connectivity index (χ4n) is 2.65. The van der Waals surface area contributed by atoms with Gasteiger partial charge >= 0.3 is 5.97 Å². The molecule has 3 unspecified atom stereocenters. The van der Waals surface area contributed by atoms with Crippen LogP contribution >= 0.6 is 0 Å². The SMILES string of the molecule is CC(C)CC(NS(C)(=O)=O)C(=O)NC1CCCC1C(=O)O. The second kappa shape index (κ2) is 7.22. The summed E-state index contributed by atoms with van der Waals surface area (Å²) in [6, 6.07) is -1.29. The second-order valence-electron chi connectivity index (χ2n) is 6.06. The third kappa shape index (κ3) is 6.01. The number of carboxylic acids is 1. The Morgan fingerprint density at radius 1 is 1.29 bits per heavy atom. The summed E-state index contributed by atoms with van der Waals surface area (Å²) in [5.41, 5.74) is 0. The summed E-state index contributed by atoms with van der Waals surface area (Å²) in [6.07, 6.45) is 3.26. The minimum atomic E-state index is -3.50. The van der Waals surface area contributed by atoms with Gasteiger partial charge in [-0.05, 0) is 25.2 Å². The average molecular weight is 320 g/mol. The van der Waals surface area contributed by atoms with Crippen molar-refractivity contribution in [2.24, 2.45) is 11.8 Å². The van der Waals surface area contributed by atoms with E-state index in [1.807, 2.05) is 13.8 Å². The van der Waals surface area contributed by atoms with E-state index in [0.717, 1.165) is 12.7 Å². The van der Waals surface area contributed by atoms with Crippen molar-refractivity contribution in [2.45, 2.75) is 51.6 Å². The Balaban J connectivity index is 2.74. The van der Waals surface area contributed by atoms with Gasteiger partial charge in [0.15, 0.2) is 0 Å². The van der Waals surface area contributed by atoms with Gasteiger partial charge in [-0.2, -0.15) is 0 Å². The lowest BCUT2D eigenvalue weighted by Crippen LogP contribution is -2.51. The molecule has 1 amide bonds. The summed E-state index contributed by atoms with van der Waals surface area (Å²) in [6.45, 7) is 3.78. The lowest BCUT2D eigenvalue weighted by Gasteiger charge is -2.23. The molecule has 0 aromatic rings. The van der Waals surface area contributed by atoms with Gasteiger partial charge in [0.05, 0.1) is 12.2 Å². The summed E-state index contributed by atoms with van der Waals surface area (Å²) in [7, 11) is -3.50. The van der Waals surface area contributed by atoms with Crippen molar-refractivity contribution in [3.05, 3.63) is 0 Å². The number of hydrogen-bond donors (Lipinski definition) is 3. The minimum absolute atomic E-state index is 0.133. The highest BCUT2D eigenvalue weighted by Gasteiger charge is 2.35. The van der Waals surface area contributed by atoms with Crippen LogP contribution in [0.1, 0.15) is 39.5 Å². The molecule has 3 atom stereocenters. The summed E-state index contributed by atoms with van der Waals surface area (Å²) < 4.78 is 25.0. The zero-order valence-electron chi connectivity index (χ0n) is 12.6. The normalized spacial score (nSPS) is 24.0. The number of sulfonamides is 1. The number of carboxylic acid groups (broad SMARTS) is 1. The van der Waals surface area contributed by atoms with Crippen LogP contribution in [0.3, 0.4) is 0 Å². The van der Waals surface area contributed by atoms with Crippen molar-refractivity contribution in [2.75, 3.05) is 6.26 Å². The first-order valence-electron chi connectivity index (χ1n) is 7.10. The Labute approximate surface area is 125 Å². The highest BCUT2D eigenvalue weighted by molar-refractivity contribution is 7.88. The highest BCUT2D eigenvalue weighted by atomic mass is 32.2. The van der Waals surface area contributed by atoms with Crippen molar-refractivity contribution in [1.82, 2.24) is 10.0 Å². The summed E-state index contributed by atoms with van der Waals surface area (Å²) in [5.74, 6) is -1.83. The summed E-state index contributed by atoms with van der Waals surface area (Å²) in [4.78, 5) is 23.4. The van der Waals surface area contributed by atoms with E-state index >= 15 is 0 Å². The van der Waals surface area contributed by atoms with Crippen LogP contribution in [0.5, 0.6) is 0 Å². The molecule has 0 heterocycles. The van der Waals surface area contributed by atoms with Crippen molar-refractivity contribution in [3.63, 3.8) is 0 Å². The first kappa shape index (κ1) is 17.9. The van der Waals surface area contributed by atoms with Crippen LogP contribution in [0, 0.1) is 11.8 Å². The number of hydrogen-bond acceptors (Lipinski definition) is 4. The molecule has 21 heavy (non-hydrogen) atoms. The zero-order chi connectivity index (χ0) is 16.2. The van der Waals surface area contributed by atoms with E-state index in [-0.39, 0.29) is 5.92 Å². The molecule has 1 saturated carbocycles. The molecule has 122 valence electrons. The monoisotopic (exact) mass is 320 g/mol. The first-order chi connectivity index (χ1) is 9.60. The largest absolute Gasteiger partial charge is 0.481 e. The number of carbonyl (C=O) groups is 2. The van der Waals surface area contributed by atoms with Crippen molar-refractivity contribution < 1.29 is 23.1 Å². The molecule has 0 bridgehead atoms. The molecule has 0 spiro atoms. The number of amides is 1. The number of aliphatic carboxylic acids is 1. The molecule has 8 heteroatoms. The fraction of sp³-hybridized carbons (Fsp3) is 0.846. The lowest BCUT2D eigenvalue weighted by atomic mass is 10.0. The van der Waals surface area contributed by atoms with E-state index in [1.54, 1.807) is 0 Å². The van der Waals surface area contributed by atoms with Gasteiger partial charge in [0.25, 0.3) is 0 Å². The molecule has 0 saturated heterocycles. The number of nitrogens with one attached hydrogen (secondary N) is 2. The lowest BCUT2D eigenvalue weighted by molar-refractivity contribution is -0.142. The predicted molar refractivity (Wildman–Crippen MR) is 78.1 cm³/mol. The average Bonchev–Trinajstić information content (AvgIpc) is 2.73.